The van der Waals surface area contributed by atoms with Crippen LogP contribution >= 0.6 is 29.8 Å². The van der Waals surface area contributed by atoms with Gasteiger partial charge in [0.15, 0.2) is 14.5 Å². The van der Waals surface area contributed by atoms with Crippen LogP contribution in [-0.4, -0.2) is 57.0 Å². The summed E-state index contributed by atoms with van der Waals surface area (Å²) in [5.74, 6) is 1.38. The number of anilines is 1. The minimum absolute atomic E-state index is 0.0267. The highest BCUT2D eigenvalue weighted by Gasteiger charge is 2.55. The Morgan fingerprint density at radius 2 is 1.38 bits per heavy atom. The van der Waals surface area contributed by atoms with Crippen molar-refractivity contribution in [1.29, 1.82) is 0 Å². The SMILES string of the molecule is COc1ccc(C(OC[C@H]2O[C@@H](n3ccc(N)nc3=O)[C@H](O[Si](C)(C)C(C)(C)C)[C@@H]2OP(=O)(Cl)Oc2ccccc2Cl)(c2ccccc2)c2ccc(OC)cc2)cc1. The van der Waals surface area contributed by atoms with Crippen molar-refractivity contribution < 1.29 is 37.0 Å². The Balaban J connectivity index is 1.51. The number of rotatable bonds is 15. The average Bonchev–Trinajstić information content (AvgIpc) is 3.50. The van der Waals surface area contributed by atoms with E-state index in [1.807, 2.05) is 92.0 Å². The second kappa shape index (κ2) is 17.6. The summed E-state index contributed by atoms with van der Waals surface area (Å²) in [4.78, 5) is 17.5. The fraction of sp³-hybridized carbons (Fsp3) is 0.333. The van der Waals surface area contributed by atoms with Crippen LogP contribution in [0.3, 0.4) is 0 Å². The van der Waals surface area contributed by atoms with Crippen molar-refractivity contribution in [1.82, 2.24) is 9.55 Å². The van der Waals surface area contributed by atoms with Gasteiger partial charge in [0.1, 0.15) is 47.0 Å². The quantitative estimate of drug-likeness (QED) is 0.0611. The van der Waals surface area contributed by atoms with Crippen molar-refractivity contribution in [3.8, 4) is 17.2 Å². The number of aromatic nitrogens is 2. The van der Waals surface area contributed by atoms with Crippen LogP contribution in [-0.2, 0) is 28.6 Å². The van der Waals surface area contributed by atoms with Crippen LogP contribution in [0.5, 0.6) is 17.2 Å². The van der Waals surface area contributed by atoms with Gasteiger partial charge in [0.2, 0.25) is 0 Å². The molecule has 58 heavy (non-hydrogen) atoms. The number of hydrogen-bond donors (Lipinski definition) is 1. The highest BCUT2D eigenvalue weighted by atomic mass is 35.7. The topological polar surface area (TPSA) is 143 Å². The summed E-state index contributed by atoms with van der Waals surface area (Å²) in [5.41, 5.74) is 6.25. The second-order valence-corrected chi connectivity index (χ2v) is 22.9. The van der Waals surface area contributed by atoms with Gasteiger partial charge in [-0.05, 0) is 77.3 Å². The summed E-state index contributed by atoms with van der Waals surface area (Å²) in [6.07, 6.45) is -3.08. The molecule has 12 nitrogen and oxygen atoms in total. The first-order chi connectivity index (χ1) is 27.5. The van der Waals surface area contributed by atoms with Crippen molar-refractivity contribution in [2.45, 2.75) is 69.0 Å². The number of ether oxygens (including phenoxy) is 4. The third-order valence-corrected chi connectivity index (χ3v) is 16.7. The predicted octanol–water partition coefficient (Wildman–Crippen LogP) is 9.60. The zero-order valence-corrected chi connectivity index (χ0v) is 36.7. The van der Waals surface area contributed by atoms with Gasteiger partial charge in [0, 0.05) is 17.4 Å². The summed E-state index contributed by atoms with van der Waals surface area (Å²) in [6, 6.07) is 32.8. The molecule has 0 spiro atoms. The Morgan fingerprint density at radius 3 is 1.91 bits per heavy atom. The molecule has 0 bridgehead atoms. The van der Waals surface area contributed by atoms with E-state index in [1.165, 1.54) is 22.9 Å². The van der Waals surface area contributed by atoms with Gasteiger partial charge >= 0.3 is 12.6 Å². The molecule has 16 heteroatoms. The molecule has 2 N–H and O–H groups in total. The molecular formula is C42H48Cl2N3O9PSi. The number of para-hydroxylation sites is 1. The molecular weight excluding hydrogens is 820 g/mol. The number of nitrogen functional groups attached to an aromatic ring is 1. The Bertz CT molecular complexity index is 2230. The lowest BCUT2D eigenvalue weighted by molar-refractivity contribution is -0.0938. The Kier molecular flexibility index (Phi) is 13.2. The minimum Gasteiger partial charge on any atom is -0.497 e. The van der Waals surface area contributed by atoms with Gasteiger partial charge < -0.3 is 33.6 Å². The molecule has 6 rings (SSSR count). The number of nitrogens with two attached hydrogens (primary N) is 1. The minimum atomic E-state index is -4.53. The number of methoxy groups -OCH3 is 2. The normalized spacial score (nSPS) is 19.7. The van der Waals surface area contributed by atoms with Gasteiger partial charge in [-0.15, -0.1) is 0 Å². The van der Waals surface area contributed by atoms with Gasteiger partial charge in [-0.3, -0.25) is 9.09 Å². The Morgan fingerprint density at radius 1 is 0.828 bits per heavy atom. The van der Waals surface area contributed by atoms with E-state index in [-0.39, 0.29) is 28.2 Å². The maximum atomic E-state index is 14.3. The van der Waals surface area contributed by atoms with Gasteiger partial charge in [0.05, 0.1) is 25.8 Å². The predicted molar refractivity (Wildman–Crippen MR) is 228 cm³/mol. The zero-order chi connectivity index (χ0) is 41.9. The number of nitrogens with zero attached hydrogens (tertiary/aromatic N) is 2. The first kappa shape index (κ1) is 43.4. The van der Waals surface area contributed by atoms with Crippen LogP contribution in [0.2, 0.25) is 23.2 Å². The van der Waals surface area contributed by atoms with Crippen molar-refractivity contribution >= 4 is 43.9 Å². The van der Waals surface area contributed by atoms with Crippen molar-refractivity contribution in [3.63, 3.8) is 0 Å². The summed E-state index contributed by atoms with van der Waals surface area (Å²) >= 11 is 13.1. The maximum Gasteiger partial charge on any atom is 0.477 e. The second-order valence-electron chi connectivity index (χ2n) is 15.3. The van der Waals surface area contributed by atoms with E-state index < -0.39 is 51.1 Å². The summed E-state index contributed by atoms with van der Waals surface area (Å²) < 4.78 is 59.8. The van der Waals surface area contributed by atoms with E-state index in [9.17, 15) is 9.36 Å². The van der Waals surface area contributed by atoms with Crippen LogP contribution in [0.4, 0.5) is 5.82 Å². The van der Waals surface area contributed by atoms with E-state index in [2.05, 4.69) is 25.8 Å². The molecule has 5 aromatic rings. The standard InChI is InChI=1S/C42H48Cl2N3O9PSi/c1-41(2,3)58(6,7)56-38-37(55-57(44,49)54-34-16-12-11-15-33(34)43)35(53-39(38)47-26-25-36(45)46-40(47)48)27-52-42(28-13-9-8-10-14-28,29-17-21-31(50-4)22-18-29)30-19-23-32(51-5)24-20-30/h8-26,35,37-39H,27H2,1-7H3,(H2,45,46,48)/t35-,37-,38-,39-,57?/m1/s1. The first-order valence-corrected chi connectivity index (χ1v) is 24.3. The van der Waals surface area contributed by atoms with Gasteiger partial charge in [-0.25, -0.2) is 9.36 Å². The van der Waals surface area contributed by atoms with Crippen LogP contribution in [0.25, 0.3) is 0 Å². The average molecular weight is 869 g/mol. The van der Waals surface area contributed by atoms with Crippen LogP contribution < -0.4 is 25.4 Å². The lowest BCUT2D eigenvalue weighted by Gasteiger charge is -2.41. The lowest BCUT2D eigenvalue weighted by Crippen LogP contribution is -2.50. The van der Waals surface area contributed by atoms with Gasteiger partial charge in [-0.2, -0.15) is 4.98 Å². The molecule has 1 aliphatic heterocycles. The molecule has 0 saturated carbocycles. The fourth-order valence-electron chi connectivity index (χ4n) is 6.54. The van der Waals surface area contributed by atoms with Crippen molar-refractivity contribution in [2.75, 3.05) is 26.6 Å². The third-order valence-electron chi connectivity index (χ3n) is 10.6. The molecule has 0 aliphatic carbocycles. The van der Waals surface area contributed by atoms with Gasteiger partial charge in [-0.1, -0.05) is 99.1 Å². The Hall–Kier alpha value is -4.17. The molecule has 1 aliphatic rings. The monoisotopic (exact) mass is 867 g/mol. The first-order valence-electron chi connectivity index (χ1n) is 18.6. The molecule has 0 amide bonds. The van der Waals surface area contributed by atoms with Crippen LogP contribution in [0.15, 0.2) is 120 Å². The molecule has 308 valence electrons. The van der Waals surface area contributed by atoms with E-state index >= 15 is 0 Å². The molecule has 1 fully saturated rings. The third kappa shape index (κ3) is 9.32. The smallest absolute Gasteiger partial charge is 0.477 e. The highest BCUT2D eigenvalue weighted by molar-refractivity contribution is 7.81. The van der Waals surface area contributed by atoms with E-state index in [1.54, 1.807) is 32.4 Å². The largest absolute Gasteiger partial charge is 0.497 e. The molecule has 5 atom stereocenters. The van der Waals surface area contributed by atoms with E-state index in [0.29, 0.717) is 11.5 Å². The van der Waals surface area contributed by atoms with Crippen LogP contribution in [0, 0.1) is 0 Å². The van der Waals surface area contributed by atoms with Crippen LogP contribution in [0.1, 0.15) is 43.7 Å². The molecule has 2 heterocycles. The Labute approximate surface area is 349 Å². The lowest BCUT2D eigenvalue weighted by atomic mass is 9.80. The van der Waals surface area contributed by atoms with E-state index in [0.717, 1.165) is 16.7 Å². The van der Waals surface area contributed by atoms with Crippen molar-refractivity contribution in [2.24, 2.45) is 0 Å². The number of halogens is 2. The molecule has 0 radical (unpaired) electrons. The maximum absolute atomic E-state index is 14.3. The highest BCUT2D eigenvalue weighted by Crippen LogP contribution is 2.58. The molecule has 1 unspecified atom stereocenters. The van der Waals surface area contributed by atoms with Gasteiger partial charge in [0.25, 0.3) is 0 Å². The zero-order valence-electron chi connectivity index (χ0n) is 33.3. The number of benzene rings is 4. The fourth-order valence-corrected chi connectivity index (χ4v) is 9.54. The molecule has 1 aromatic heterocycles. The summed E-state index contributed by atoms with van der Waals surface area (Å²) in [6.45, 7) is 5.57. The number of hydrogen-bond acceptors (Lipinski definition) is 11. The summed E-state index contributed by atoms with van der Waals surface area (Å²) in [7, 11) is 0.482. The molecule has 1 saturated heterocycles. The van der Waals surface area contributed by atoms with E-state index in [4.69, 9.17) is 61.0 Å². The van der Waals surface area contributed by atoms with Crippen molar-refractivity contribution in [3.05, 3.63) is 148 Å². The molecule has 4 aromatic carbocycles. The summed E-state index contributed by atoms with van der Waals surface area (Å²) in [5, 5.41) is -0.141.